The van der Waals surface area contributed by atoms with E-state index in [-0.39, 0.29) is 22.8 Å². The molecule has 1 spiro atoms. The molecule has 7 nitrogen and oxygen atoms in total. The predicted molar refractivity (Wildman–Crippen MR) is 85.4 cm³/mol. The number of rotatable bonds is 3. The van der Waals surface area contributed by atoms with Gasteiger partial charge in [-0.05, 0) is 37.1 Å². The number of β-amino-alcohol motifs (C(OH)–C–C–N with tert-alkyl or cyclic N) is 1. The Balaban J connectivity index is 1.58. The Morgan fingerprint density at radius 1 is 1.33 bits per heavy atom. The molecule has 2 fully saturated rings. The number of nitrogens with zero attached hydrogens (tertiary/aromatic N) is 3. The summed E-state index contributed by atoms with van der Waals surface area (Å²) in [6.07, 6.45) is 2.83. The standard InChI is InChI=1S/C17H19N3O4/c1-24-12-4-2-11(3-5-12)20-8-13(21)15(18-20)16(23)19-9-14(22)17(10-19)6-7-17/h2-5,8,14,21-22H,6-7,9-10H2,1H3. The Morgan fingerprint density at radius 2 is 2.04 bits per heavy atom. The number of likely N-dealkylation sites (tertiary alicyclic amines) is 1. The maximum atomic E-state index is 12.6. The van der Waals surface area contributed by atoms with Crippen molar-refractivity contribution in [1.29, 1.82) is 0 Å². The second-order valence-corrected chi connectivity index (χ2v) is 6.57. The average Bonchev–Trinajstić information content (AvgIpc) is 3.16. The first-order chi connectivity index (χ1) is 11.5. The number of aromatic hydroxyl groups is 1. The number of hydrogen-bond acceptors (Lipinski definition) is 5. The highest BCUT2D eigenvalue weighted by atomic mass is 16.5. The fraction of sp³-hybridized carbons (Fsp3) is 0.412. The molecule has 4 rings (SSSR count). The topological polar surface area (TPSA) is 87.8 Å². The molecule has 1 aromatic heterocycles. The van der Waals surface area contributed by atoms with Crippen LogP contribution in [0.4, 0.5) is 0 Å². The average molecular weight is 329 g/mol. The summed E-state index contributed by atoms with van der Waals surface area (Å²) in [5, 5.41) is 24.4. The van der Waals surface area contributed by atoms with E-state index in [0.29, 0.717) is 24.5 Å². The van der Waals surface area contributed by atoms with Gasteiger partial charge in [-0.25, -0.2) is 4.68 Å². The molecule has 1 aromatic carbocycles. The van der Waals surface area contributed by atoms with Gasteiger partial charge in [0.05, 0.1) is 25.1 Å². The molecule has 0 radical (unpaired) electrons. The van der Waals surface area contributed by atoms with E-state index >= 15 is 0 Å². The maximum absolute atomic E-state index is 12.6. The van der Waals surface area contributed by atoms with E-state index in [1.165, 1.54) is 10.9 Å². The molecule has 1 amide bonds. The number of hydrogen-bond donors (Lipinski definition) is 2. The van der Waals surface area contributed by atoms with Gasteiger partial charge in [-0.1, -0.05) is 0 Å². The Morgan fingerprint density at radius 3 is 2.62 bits per heavy atom. The fourth-order valence-corrected chi connectivity index (χ4v) is 3.29. The molecular weight excluding hydrogens is 310 g/mol. The summed E-state index contributed by atoms with van der Waals surface area (Å²) in [4.78, 5) is 14.2. The number of aliphatic hydroxyl groups excluding tert-OH is 1. The second-order valence-electron chi connectivity index (χ2n) is 6.57. The summed E-state index contributed by atoms with van der Waals surface area (Å²) in [5.74, 6) is 0.205. The Bertz CT molecular complexity index is 780. The monoisotopic (exact) mass is 329 g/mol. The van der Waals surface area contributed by atoms with E-state index < -0.39 is 6.10 Å². The predicted octanol–water partition coefficient (Wildman–Crippen LogP) is 1.18. The molecular formula is C17H19N3O4. The van der Waals surface area contributed by atoms with Crippen LogP contribution < -0.4 is 4.74 Å². The zero-order valence-corrected chi connectivity index (χ0v) is 13.3. The molecule has 1 atom stereocenters. The van der Waals surface area contributed by atoms with Gasteiger partial charge < -0.3 is 19.8 Å². The molecule has 0 bridgehead atoms. The number of ether oxygens (including phenoxy) is 1. The number of aromatic nitrogens is 2. The number of carbonyl (C=O) groups is 1. The first kappa shape index (κ1) is 15.0. The molecule has 7 heteroatoms. The second kappa shape index (κ2) is 5.24. The fourth-order valence-electron chi connectivity index (χ4n) is 3.29. The SMILES string of the molecule is COc1ccc(-n2cc(O)c(C(=O)N3CC(O)C4(CC4)C3)n2)cc1. The Hall–Kier alpha value is -2.54. The van der Waals surface area contributed by atoms with Gasteiger partial charge in [0.25, 0.3) is 5.91 Å². The molecule has 2 N–H and O–H groups in total. The van der Waals surface area contributed by atoms with Crippen molar-refractivity contribution in [3.05, 3.63) is 36.2 Å². The lowest BCUT2D eigenvalue weighted by Gasteiger charge is -2.14. The van der Waals surface area contributed by atoms with Gasteiger partial charge in [0, 0.05) is 18.5 Å². The minimum atomic E-state index is -0.479. The van der Waals surface area contributed by atoms with Crippen LogP contribution in [0.3, 0.4) is 0 Å². The zero-order chi connectivity index (χ0) is 16.9. The van der Waals surface area contributed by atoms with E-state index in [1.54, 1.807) is 36.3 Å². The lowest BCUT2D eigenvalue weighted by molar-refractivity contribution is 0.0755. The minimum Gasteiger partial charge on any atom is -0.504 e. The van der Waals surface area contributed by atoms with Gasteiger partial charge in [0.1, 0.15) is 5.75 Å². The van der Waals surface area contributed by atoms with Gasteiger partial charge in [0.2, 0.25) is 0 Å². The molecule has 1 aliphatic carbocycles. The van der Waals surface area contributed by atoms with Crippen molar-refractivity contribution in [2.45, 2.75) is 18.9 Å². The maximum Gasteiger partial charge on any atom is 0.278 e. The largest absolute Gasteiger partial charge is 0.504 e. The van der Waals surface area contributed by atoms with Crippen molar-refractivity contribution < 1.29 is 19.7 Å². The van der Waals surface area contributed by atoms with E-state index in [2.05, 4.69) is 5.10 Å². The van der Waals surface area contributed by atoms with Crippen LogP contribution >= 0.6 is 0 Å². The number of benzene rings is 1. The molecule has 2 aliphatic rings. The van der Waals surface area contributed by atoms with Crippen molar-refractivity contribution in [2.75, 3.05) is 20.2 Å². The van der Waals surface area contributed by atoms with E-state index in [1.807, 2.05) is 0 Å². The van der Waals surface area contributed by atoms with Crippen molar-refractivity contribution >= 4 is 5.91 Å². The van der Waals surface area contributed by atoms with Crippen LogP contribution in [0.15, 0.2) is 30.5 Å². The van der Waals surface area contributed by atoms with E-state index in [0.717, 1.165) is 12.8 Å². The highest BCUT2D eigenvalue weighted by Crippen LogP contribution is 2.53. The summed E-state index contributed by atoms with van der Waals surface area (Å²) in [5.41, 5.74) is 0.602. The first-order valence-corrected chi connectivity index (χ1v) is 7.93. The normalized spacial score (nSPS) is 21.2. The Labute approximate surface area is 139 Å². The van der Waals surface area contributed by atoms with Crippen LogP contribution in [-0.4, -0.2) is 57.1 Å². The summed E-state index contributed by atoms with van der Waals surface area (Å²) in [7, 11) is 1.59. The molecule has 1 unspecified atom stereocenters. The summed E-state index contributed by atoms with van der Waals surface area (Å²) >= 11 is 0. The highest BCUT2D eigenvalue weighted by Gasteiger charge is 2.55. The molecule has 24 heavy (non-hydrogen) atoms. The lowest BCUT2D eigenvalue weighted by Crippen LogP contribution is -2.30. The Kier molecular flexibility index (Phi) is 3.28. The quantitative estimate of drug-likeness (QED) is 0.883. The van der Waals surface area contributed by atoms with E-state index in [4.69, 9.17) is 4.74 Å². The van der Waals surface area contributed by atoms with Crippen LogP contribution in [0, 0.1) is 5.41 Å². The molecule has 2 aromatic rings. The highest BCUT2D eigenvalue weighted by molar-refractivity contribution is 5.95. The molecule has 1 saturated heterocycles. The van der Waals surface area contributed by atoms with Crippen molar-refractivity contribution in [2.24, 2.45) is 5.41 Å². The van der Waals surface area contributed by atoms with Crippen LogP contribution in [-0.2, 0) is 0 Å². The van der Waals surface area contributed by atoms with Crippen molar-refractivity contribution in [1.82, 2.24) is 14.7 Å². The number of aliphatic hydroxyl groups is 1. The van der Waals surface area contributed by atoms with Crippen LogP contribution in [0.1, 0.15) is 23.3 Å². The van der Waals surface area contributed by atoms with Crippen LogP contribution in [0.5, 0.6) is 11.5 Å². The smallest absolute Gasteiger partial charge is 0.278 e. The number of amides is 1. The summed E-state index contributed by atoms with van der Waals surface area (Å²) < 4.78 is 6.57. The third-order valence-corrected chi connectivity index (χ3v) is 5.02. The minimum absolute atomic E-state index is 0.00992. The van der Waals surface area contributed by atoms with Crippen molar-refractivity contribution in [3.8, 4) is 17.2 Å². The molecule has 126 valence electrons. The number of carbonyl (C=O) groups excluding carboxylic acids is 1. The van der Waals surface area contributed by atoms with Gasteiger partial charge >= 0.3 is 0 Å². The third kappa shape index (κ3) is 2.32. The van der Waals surface area contributed by atoms with Gasteiger partial charge in [-0.3, -0.25) is 4.79 Å². The van der Waals surface area contributed by atoms with Gasteiger partial charge in [0.15, 0.2) is 11.4 Å². The van der Waals surface area contributed by atoms with E-state index in [9.17, 15) is 15.0 Å². The zero-order valence-electron chi connectivity index (χ0n) is 13.3. The number of methoxy groups -OCH3 is 1. The molecule has 2 heterocycles. The molecule has 1 aliphatic heterocycles. The lowest BCUT2D eigenvalue weighted by atomic mass is 10.0. The third-order valence-electron chi connectivity index (χ3n) is 5.02. The van der Waals surface area contributed by atoms with Crippen LogP contribution in [0.2, 0.25) is 0 Å². The van der Waals surface area contributed by atoms with Gasteiger partial charge in [-0.2, -0.15) is 5.10 Å². The van der Waals surface area contributed by atoms with Crippen LogP contribution in [0.25, 0.3) is 5.69 Å². The summed E-state index contributed by atoms with van der Waals surface area (Å²) in [6.45, 7) is 0.829. The summed E-state index contributed by atoms with van der Waals surface area (Å²) in [6, 6.07) is 7.14. The first-order valence-electron chi connectivity index (χ1n) is 7.93. The molecule has 1 saturated carbocycles. The van der Waals surface area contributed by atoms with Crippen molar-refractivity contribution in [3.63, 3.8) is 0 Å². The van der Waals surface area contributed by atoms with Gasteiger partial charge in [-0.15, -0.1) is 0 Å².